The van der Waals surface area contributed by atoms with Crippen molar-refractivity contribution in [3.63, 3.8) is 0 Å². The van der Waals surface area contributed by atoms with Crippen molar-refractivity contribution in [1.82, 2.24) is 9.78 Å². The second kappa shape index (κ2) is 6.39. The first-order chi connectivity index (χ1) is 12.6. The Morgan fingerprint density at radius 1 is 1.30 bits per heavy atom. The molecular formula is C16H10F4N4O3. The lowest BCUT2D eigenvalue weighted by Gasteiger charge is -2.28. The summed E-state index contributed by atoms with van der Waals surface area (Å²) in [6, 6.07) is 4.03. The van der Waals surface area contributed by atoms with Crippen LogP contribution in [0.2, 0.25) is 0 Å². The van der Waals surface area contributed by atoms with Gasteiger partial charge in [0.1, 0.15) is 29.5 Å². The van der Waals surface area contributed by atoms with Crippen LogP contribution in [0.4, 0.5) is 23.2 Å². The number of aryl methyl sites for hydroxylation is 1. The van der Waals surface area contributed by atoms with Gasteiger partial charge >= 0.3 is 6.18 Å². The molecule has 0 bridgehead atoms. The third-order valence-electron chi connectivity index (χ3n) is 3.87. The van der Waals surface area contributed by atoms with E-state index in [4.69, 9.17) is 10.00 Å². The largest absolute Gasteiger partial charge is 0.481 e. The second-order valence-electron chi connectivity index (χ2n) is 5.59. The number of benzene rings is 1. The molecule has 2 heterocycles. The molecule has 27 heavy (non-hydrogen) atoms. The van der Waals surface area contributed by atoms with Crippen molar-refractivity contribution in [1.29, 1.82) is 5.26 Å². The van der Waals surface area contributed by atoms with Crippen LogP contribution in [0.3, 0.4) is 0 Å². The Morgan fingerprint density at radius 3 is 2.63 bits per heavy atom. The van der Waals surface area contributed by atoms with Crippen LogP contribution in [0.25, 0.3) is 11.3 Å². The number of fused-ring (bicyclic) bond motifs is 1. The van der Waals surface area contributed by atoms with E-state index in [-0.39, 0.29) is 18.0 Å². The third kappa shape index (κ3) is 3.21. The number of anilines is 1. The Bertz CT molecular complexity index is 1040. The number of nitrogens with zero attached hydrogens (tertiary/aromatic N) is 4. The molecule has 1 aliphatic rings. The molecule has 0 unspecified atom stereocenters. The lowest BCUT2D eigenvalue weighted by atomic mass is 10.1. The number of ether oxygens (including phenoxy) is 1. The average Bonchev–Trinajstić information content (AvgIpc) is 2.58. The Balaban J connectivity index is 2.20. The van der Waals surface area contributed by atoms with Crippen LogP contribution in [0.5, 0.6) is 5.75 Å². The molecule has 0 spiro atoms. The highest BCUT2D eigenvalue weighted by Crippen LogP contribution is 2.37. The van der Waals surface area contributed by atoms with Crippen molar-refractivity contribution >= 4 is 11.6 Å². The highest BCUT2D eigenvalue weighted by atomic mass is 19.4. The monoisotopic (exact) mass is 382 g/mol. The molecule has 0 fully saturated rings. The van der Waals surface area contributed by atoms with Gasteiger partial charge in [0.05, 0.1) is 11.8 Å². The number of carbonyl (C=O) groups excluding carboxylic acids is 1. The van der Waals surface area contributed by atoms with Gasteiger partial charge < -0.3 is 4.74 Å². The Morgan fingerprint density at radius 2 is 2.00 bits per heavy atom. The first kappa shape index (κ1) is 18.4. The van der Waals surface area contributed by atoms with E-state index in [0.717, 1.165) is 24.1 Å². The van der Waals surface area contributed by atoms with E-state index in [0.29, 0.717) is 10.7 Å². The summed E-state index contributed by atoms with van der Waals surface area (Å²) in [6.07, 6.45) is -4.81. The summed E-state index contributed by atoms with van der Waals surface area (Å²) in [5.74, 6) is -1.56. The number of alkyl halides is 3. The van der Waals surface area contributed by atoms with Gasteiger partial charge in [-0.05, 0) is 6.07 Å². The van der Waals surface area contributed by atoms with Crippen molar-refractivity contribution in [2.24, 2.45) is 7.05 Å². The molecule has 11 heteroatoms. The number of aromatic nitrogens is 2. The van der Waals surface area contributed by atoms with E-state index in [1.807, 2.05) is 0 Å². The molecule has 7 nitrogen and oxygen atoms in total. The lowest BCUT2D eigenvalue weighted by Crippen LogP contribution is -2.39. The number of hydrogen-bond acceptors (Lipinski definition) is 5. The molecule has 2 aromatic rings. The molecule has 0 N–H and O–H groups in total. The maximum absolute atomic E-state index is 14.5. The number of carbonyl (C=O) groups is 1. The van der Waals surface area contributed by atoms with Gasteiger partial charge in [0.2, 0.25) is 5.43 Å². The fourth-order valence-corrected chi connectivity index (χ4v) is 2.64. The maximum atomic E-state index is 14.5. The van der Waals surface area contributed by atoms with Gasteiger partial charge in [-0.1, -0.05) is 0 Å². The summed E-state index contributed by atoms with van der Waals surface area (Å²) in [5, 5.41) is 12.4. The van der Waals surface area contributed by atoms with E-state index in [1.54, 1.807) is 6.07 Å². The van der Waals surface area contributed by atoms with Gasteiger partial charge in [-0.25, -0.2) is 4.39 Å². The highest BCUT2D eigenvalue weighted by molar-refractivity contribution is 5.99. The van der Waals surface area contributed by atoms with Crippen LogP contribution >= 0.6 is 0 Å². The van der Waals surface area contributed by atoms with Crippen molar-refractivity contribution in [3.8, 4) is 23.1 Å². The summed E-state index contributed by atoms with van der Waals surface area (Å²) in [4.78, 5) is 25.1. The standard InChI is InChI=1S/C16H10F4N4O3/c1-23-13(16(18,19)20)6-11(25)15(22-23)8-4-10-12(5-9(8)17)27-7-14(26)24(10)3-2-21/h4-6H,3,7H2,1H3. The fourth-order valence-electron chi connectivity index (χ4n) is 2.64. The molecule has 1 aromatic heterocycles. The van der Waals surface area contributed by atoms with Gasteiger partial charge in [-0.15, -0.1) is 0 Å². The number of nitriles is 1. The molecule has 3 rings (SSSR count). The normalized spacial score (nSPS) is 13.8. The van der Waals surface area contributed by atoms with Gasteiger partial charge in [0.25, 0.3) is 5.91 Å². The topological polar surface area (TPSA) is 88.2 Å². The van der Waals surface area contributed by atoms with Crippen LogP contribution in [0.15, 0.2) is 23.0 Å². The minimum Gasteiger partial charge on any atom is -0.481 e. The molecule has 0 atom stereocenters. The minimum atomic E-state index is -4.81. The fraction of sp³-hybridized carbons (Fsp3) is 0.250. The Hall–Kier alpha value is -3.42. The summed E-state index contributed by atoms with van der Waals surface area (Å²) < 4.78 is 58.6. The minimum absolute atomic E-state index is 0.0213. The molecule has 1 aromatic carbocycles. The van der Waals surface area contributed by atoms with E-state index in [1.165, 1.54) is 0 Å². The average molecular weight is 382 g/mol. The lowest BCUT2D eigenvalue weighted by molar-refractivity contribution is -0.144. The quantitative estimate of drug-likeness (QED) is 0.584. The number of halogens is 4. The van der Waals surface area contributed by atoms with E-state index < -0.39 is 46.9 Å². The number of rotatable bonds is 2. The van der Waals surface area contributed by atoms with Gasteiger partial charge in [-0.2, -0.15) is 23.5 Å². The van der Waals surface area contributed by atoms with E-state index >= 15 is 0 Å². The van der Waals surface area contributed by atoms with Crippen molar-refractivity contribution in [2.75, 3.05) is 18.1 Å². The first-order valence-corrected chi connectivity index (χ1v) is 7.43. The molecule has 1 aliphatic heterocycles. The molecule has 0 radical (unpaired) electrons. The molecule has 140 valence electrons. The molecule has 0 aliphatic carbocycles. The van der Waals surface area contributed by atoms with E-state index in [2.05, 4.69) is 5.10 Å². The first-order valence-electron chi connectivity index (χ1n) is 7.43. The molecular weight excluding hydrogens is 372 g/mol. The Kier molecular flexibility index (Phi) is 4.35. The highest BCUT2D eigenvalue weighted by Gasteiger charge is 2.35. The zero-order valence-corrected chi connectivity index (χ0v) is 13.7. The number of amides is 1. The smallest absolute Gasteiger partial charge is 0.433 e. The zero-order valence-electron chi connectivity index (χ0n) is 13.7. The maximum Gasteiger partial charge on any atom is 0.433 e. The molecule has 0 saturated carbocycles. The van der Waals surface area contributed by atoms with Gasteiger partial charge in [0, 0.05) is 24.7 Å². The summed E-state index contributed by atoms with van der Waals surface area (Å²) in [6.45, 7) is -0.744. The van der Waals surface area contributed by atoms with Crippen molar-refractivity contribution in [3.05, 3.63) is 39.9 Å². The van der Waals surface area contributed by atoms with Crippen LogP contribution in [0.1, 0.15) is 5.69 Å². The van der Waals surface area contributed by atoms with Gasteiger partial charge in [-0.3, -0.25) is 19.2 Å². The number of hydrogen-bond donors (Lipinski definition) is 0. The van der Waals surface area contributed by atoms with Crippen LogP contribution in [0, 0.1) is 17.1 Å². The SMILES string of the molecule is Cn1nc(-c2cc3c(cc2F)OCC(=O)N3CC#N)c(=O)cc1C(F)(F)F. The predicted molar refractivity (Wildman–Crippen MR) is 83.3 cm³/mol. The summed E-state index contributed by atoms with van der Waals surface area (Å²) in [5.41, 5.74) is -3.40. The van der Waals surface area contributed by atoms with Crippen molar-refractivity contribution < 1.29 is 27.1 Å². The predicted octanol–water partition coefficient (Wildman–Crippen LogP) is 1.85. The van der Waals surface area contributed by atoms with Crippen LogP contribution in [-0.2, 0) is 18.0 Å². The summed E-state index contributed by atoms with van der Waals surface area (Å²) in [7, 11) is 0.969. The Labute approximate surface area is 149 Å². The van der Waals surface area contributed by atoms with Gasteiger partial charge in [0.15, 0.2) is 6.61 Å². The van der Waals surface area contributed by atoms with Crippen LogP contribution < -0.4 is 15.1 Å². The third-order valence-corrected chi connectivity index (χ3v) is 3.87. The van der Waals surface area contributed by atoms with E-state index in [9.17, 15) is 27.2 Å². The zero-order chi connectivity index (χ0) is 19.9. The van der Waals surface area contributed by atoms with Crippen LogP contribution in [-0.4, -0.2) is 28.8 Å². The van der Waals surface area contributed by atoms with Crippen molar-refractivity contribution in [2.45, 2.75) is 6.18 Å². The molecule has 1 amide bonds. The summed E-state index contributed by atoms with van der Waals surface area (Å²) >= 11 is 0. The second-order valence-corrected chi connectivity index (χ2v) is 5.59. The molecule has 0 saturated heterocycles.